The highest BCUT2D eigenvalue weighted by atomic mass is 35.5. The van der Waals surface area contributed by atoms with E-state index in [1.807, 2.05) is 0 Å². The molecule has 0 saturated heterocycles. The average molecular weight is 328 g/mol. The molecule has 0 bridgehead atoms. The maximum atomic E-state index is 13.5. The zero-order valence-electron chi connectivity index (χ0n) is 12.4. The van der Waals surface area contributed by atoms with Gasteiger partial charge >= 0.3 is 0 Å². The van der Waals surface area contributed by atoms with Crippen molar-refractivity contribution in [2.45, 2.75) is 25.3 Å². The van der Waals surface area contributed by atoms with Crippen LogP contribution in [0.5, 0.6) is 0 Å². The molecule has 0 spiro atoms. The smallest absolute Gasteiger partial charge is 0.234 e. The number of amides is 2. The number of nitrogens with one attached hydrogen (secondary N) is 2. The lowest BCUT2D eigenvalue weighted by molar-refractivity contribution is -0.123. The van der Waals surface area contributed by atoms with Crippen molar-refractivity contribution in [1.29, 1.82) is 0 Å². The minimum absolute atomic E-state index is 0.0332. The summed E-state index contributed by atoms with van der Waals surface area (Å²) in [5.41, 5.74) is 0.100. The number of benzene rings is 1. The molecule has 2 N–H and O–H groups in total. The van der Waals surface area contributed by atoms with Crippen molar-refractivity contribution in [2.24, 2.45) is 0 Å². The maximum Gasteiger partial charge on any atom is 0.234 e. The van der Waals surface area contributed by atoms with Crippen molar-refractivity contribution in [1.82, 2.24) is 10.2 Å². The van der Waals surface area contributed by atoms with Crippen LogP contribution in [0.25, 0.3) is 0 Å². The Balaban J connectivity index is 1.71. The van der Waals surface area contributed by atoms with Crippen LogP contribution in [-0.4, -0.2) is 42.9 Å². The predicted octanol–water partition coefficient (Wildman–Crippen LogP) is 2.02. The molecule has 7 heteroatoms. The minimum atomic E-state index is -0.571. The molecule has 0 unspecified atom stereocenters. The van der Waals surface area contributed by atoms with Crippen molar-refractivity contribution < 1.29 is 14.0 Å². The molecule has 2 amide bonds. The van der Waals surface area contributed by atoms with Gasteiger partial charge < -0.3 is 10.6 Å². The highest BCUT2D eigenvalue weighted by Crippen LogP contribution is 2.19. The first kappa shape index (κ1) is 16.7. The minimum Gasteiger partial charge on any atom is -0.352 e. The number of rotatable bonds is 7. The molecule has 1 aromatic carbocycles. The van der Waals surface area contributed by atoms with Crippen LogP contribution in [0, 0.1) is 5.82 Å². The molecule has 120 valence electrons. The second-order valence-electron chi connectivity index (χ2n) is 5.50. The summed E-state index contributed by atoms with van der Waals surface area (Å²) in [6.07, 6.45) is 2.27. The third kappa shape index (κ3) is 5.61. The van der Waals surface area contributed by atoms with Crippen LogP contribution in [0.4, 0.5) is 10.1 Å². The van der Waals surface area contributed by atoms with Gasteiger partial charge in [-0.05, 0) is 38.1 Å². The number of anilines is 1. The van der Waals surface area contributed by atoms with Gasteiger partial charge in [0.2, 0.25) is 11.8 Å². The molecular formula is C15H19ClFN3O2. The fraction of sp³-hybridized carbons (Fsp3) is 0.467. The third-order valence-corrected chi connectivity index (χ3v) is 3.52. The van der Waals surface area contributed by atoms with Gasteiger partial charge in [-0.25, -0.2) is 4.39 Å². The molecular weight excluding hydrogens is 309 g/mol. The zero-order valence-corrected chi connectivity index (χ0v) is 13.1. The van der Waals surface area contributed by atoms with Gasteiger partial charge in [-0.2, -0.15) is 0 Å². The van der Waals surface area contributed by atoms with Gasteiger partial charge in [0, 0.05) is 24.0 Å². The molecule has 1 aromatic rings. The molecule has 1 saturated carbocycles. The van der Waals surface area contributed by atoms with Gasteiger partial charge in [-0.1, -0.05) is 11.6 Å². The Labute approximate surface area is 133 Å². The lowest BCUT2D eigenvalue weighted by Crippen LogP contribution is -2.37. The van der Waals surface area contributed by atoms with Crippen LogP contribution >= 0.6 is 11.6 Å². The first-order valence-corrected chi connectivity index (χ1v) is 7.54. The van der Waals surface area contributed by atoms with E-state index in [4.69, 9.17) is 11.6 Å². The number of nitrogens with zero attached hydrogens (tertiary/aromatic N) is 1. The number of likely N-dealkylation sites (N-methyl/N-ethyl adjacent to an activating group) is 1. The summed E-state index contributed by atoms with van der Waals surface area (Å²) in [7, 11) is 1.77. The second-order valence-corrected chi connectivity index (χ2v) is 5.94. The summed E-state index contributed by atoms with van der Waals surface area (Å²) >= 11 is 5.65. The number of hydrogen-bond acceptors (Lipinski definition) is 3. The third-order valence-electron chi connectivity index (χ3n) is 3.28. The Bertz CT molecular complexity index is 564. The van der Waals surface area contributed by atoms with Gasteiger partial charge in [-0.15, -0.1) is 0 Å². The van der Waals surface area contributed by atoms with Crippen molar-refractivity contribution in [3.8, 4) is 0 Å². The molecule has 0 aromatic heterocycles. The van der Waals surface area contributed by atoms with Crippen molar-refractivity contribution in [2.75, 3.05) is 25.5 Å². The van der Waals surface area contributed by atoms with Crippen LogP contribution in [0.1, 0.15) is 19.3 Å². The summed E-state index contributed by atoms with van der Waals surface area (Å²) in [6.45, 7) is 0.665. The van der Waals surface area contributed by atoms with E-state index in [1.165, 1.54) is 12.1 Å². The standard InChI is InChI=1S/C15H19ClFN3O2/c1-20(9-15(22)18-11-3-4-11)7-6-14(21)19-13-5-2-10(16)8-12(13)17/h2,5,8,11H,3-4,6-7,9H2,1H3,(H,18,22)(H,19,21). The van der Waals surface area contributed by atoms with Crippen LogP contribution in [0.2, 0.25) is 5.02 Å². The highest BCUT2D eigenvalue weighted by molar-refractivity contribution is 6.30. The van der Waals surface area contributed by atoms with E-state index in [-0.39, 0.29) is 35.5 Å². The van der Waals surface area contributed by atoms with E-state index in [1.54, 1.807) is 11.9 Å². The monoisotopic (exact) mass is 327 g/mol. The summed E-state index contributed by atoms with van der Waals surface area (Å²) in [6, 6.07) is 4.40. The average Bonchev–Trinajstić information content (AvgIpc) is 3.23. The molecule has 0 atom stereocenters. The maximum absolute atomic E-state index is 13.5. The van der Waals surface area contributed by atoms with Gasteiger partial charge in [0.25, 0.3) is 0 Å². The Hall–Kier alpha value is -1.66. The van der Waals surface area contributed by atoms with E-state index < -0.39 is 5.82 Å². The molecule has 2 rings (SSSR count). The lowest BCUT2D eigenvalue weighted by Gasteiger charge is -2.16. The van der Waals surface area contributed by atoms with Crippen LogP contribution in [0.15, 0.2) is 18.2 Å². The molecule has 1 fully saturated rings. The van der Waals surface area contributed by atoms with Crippen LogP contribution in [0.3, 0.4) is 0 Å². The molecule has 5 nitrogen and oxygen atoms in total. The van der Waals surface area contributed by atoms with Gasteiger partial charge in [0.1, 0.15) is 5.82 Å². The molecule has 1 aliphatic rings. The fourth-order valence-corrected chi connectivity index (χ4v) is 2.08. The van der Waals surface area contributed by atoms with Gasteiger partial charge in [0.05, 0.1) is 12.2 Å². The number of carbonyl (C=O) groups excluding carboxylic acids is 2. The van der Waals surface area contributed by atoms with E-state index in [2.05, 4.69) is 10.6 Å². The van der Waals surface area contributed by atoms with Crippen LogP contribution in [-0.2, 0) is 9.59 Å². The van der Waals surface area contributed by atoms with E-state index >= 15 is 0 Å². The number of carbonyl (C=O) groups is 2. The van der Waals surface area contributed by atoms with E-state index in [0.717, 1.165) is 18.9 Å². The number of halogens is 2. The Kier molecular flexibility index (Phi) is 5.74. The SMILES string of the molecule is CN(CCC(=O)Nc1ccc(Cl)cc1F)CC(=O)NC1CC1. The molecule has 0 aliphatic heterocycles. The van der Waals surface area contributed by atoms with Gasteiger partial charge in [-0.3, -0.25) is 14.5 Å². The fourth-order valence-electron chi connectivity index (χ4n) is 1.92. The summed E-state index contributed by atoms with van der Waals surface area (Å²) in [4.78, 5) is 25.1. The Morgan fingerprint density at radius 3 is 2.73 bits per heavy atom. The molecule has 1 aliphatic carbocycles. The van der Waals surface area contributed by atoms with Gasteiger partial charge in [0.15, 0.2) is 0 Å². The second kappa shape index (κ2) is 7.56. The molecule has 0 heterocycles. The van der Waals surface area contributed by atoms with Crippen molar-refractivity contribution in [3.63, 3.8) is 0 Å². The highest BCUT2D eigenvalue weighted by Gasteiger charge is 2.23. The van der Waals surface area contributed by atoms with Crippen LogP contribution < -0.4 is 10.6 Å². The topological polar surface area (TPSA) is 61.4 Å². The molecule has 0 radical (unpaired) electrons. The lowest BCUT2D eigenvalue weighted by atomic mass is 10.3. The first-order chi connectivity index (χ1) is 10.4. The normalized spacial score (nSPS) is 14.0. The number of hydrogen-bond donors (Lipinski definition) is 2. The summed E-state index contributed by atoms with van der Waals surface area (Å²) in [5, 5.41) is 5.65. The quantitative estimate of drug-likeness (QED) is 0.805. The van der Waals surface area contributed by atoms with Crippen molar-refractivity contribution >= 4 is 29.1 Å². The summed E-state index contributed by atoms with van der Waals surface area (Å²) in [5.74, 6) is -0.914. The first-order valence-electron chi connectivity index (χ1n) is 7.17. The largest absolute Gasteiger partial charge is 0.352 e. The summed E-state index contributed by atoms with van der Waals surface area (Å²) < 4.78 is 13.5. The molecule has 22 heavy (non-hydrogen) atoms. The van der Waals surface area contributed by atoms with E-state index in [0.29, 0.717) is 12.6 Å². The predicted molar refractivity (Wildman–Crippen MR) is 83.3 cm³/mol. The van der Waals surface area contributed by atoms with Crippen molar-refractivity contribution in [3.05, 3.63) is 29.0 Å². The Morgan fingerprint density at radius 2 is 2.09 bits per heavy atom. The van der Waals surface area contributed by atoms with E-state index in [9.17, 15) is 14.0 Å². The Morgan fingerprint density at radius 1 is 1.36 bits per heavy atom. The zero-order chi connectivity index (χ0) is 16.1.